The Hall–Kier alpha value is -2.56. The molecule has 0 N–H and O–H groups in total. The average molecular weight is 356 g/mol. The predicted molar refractivity (Wildman–Crippen MR) is 104 cm³/mol. The largest absolute Gasteiger partial charge is 0.461 e. The molecule has 26 heavy (non-hydrogen) atoms. The molecule has 0 atom stereocenters. The van der Waals surface area contributed by atoms with Gasteiger partial charge in [0.1, 0.15) is 5.69 Å². The molecule has 0 saturated heterocycles. The molecule has 0 spiro atoms. The van der Waals surface area contributed by atoms with Gasteiger partial charge in [-0.2, -0.15) is 0 Å². The monoisotopic (exact) mass is 356 g/mol. The summed E-state index contributed by atoms with van der Waals surface area (Å²) in [6.07, 6.45) is 0. The molecule has 1 aromatic carbocycles. The van der Waals surface area contributed by atoms with E-state index < -0.39 is 0 Å². The molecule has 2 rings (SSSR count). The van der Waals surface area contributed by atoms with E-state index in [0.29, 0.717) is 36.5 Å². The number of benzene rings is 1. The van der Waals surface area contributed by atoms with Crippen LogP contribution in [-0.2, 0) is 11.3 Å². The Morgan fingerprint density at radius 1 is 1.12 bits per heavy atom. The van der Waals surface area contributed by atoms with Gasteiger partial charge in [-0.25, -0.2) is 4.79 Å². The number of aryl methyl sites for hydroxylation is 1. The molecule has 2 aromatic rings. The van der Waals surface area contributed by atoms with E-state index in [1.807, 2.05) is 63.5 Å². The number of carbonyl (C=O) groups is 2. The van der Waals surface area contributed by atoms with E-state index in [1.54, 1.807) is 11.8 Å². The third-order valence-corrected chi connectivity index (χ3v) is 4.64. The van der Waals surface area contributed by atoms with Crippen LogP contribution in [0.15, 0.2) is 24.3 Å². The lowest BCUT2D eigenvalue weighted by Gasteiger charge is -2.22. The van der Waals surface area contributed by atoms with E-state index in [-0.39, 0.29) is 11.9 Å². The number of anilines is 1. The molecule has 0 fully saturated rings. The normalized spacial score (nSPS) is 10.7. The summed E-state index contributed by atoms with van der Waals surface area (Å²) in [7, 11) is 0. The molecule has 0 aliphatic rings. The highest BCUT2D eigenvalue weighted by molar-refractivity contribution is 6.09. The van der Waals surface area contributed by atoms with Crippen LogP contribution in [0, 0.1) is 20.8 Å². The summed E-state index contributed by atoms with van der Waals surface area (Å²) in [4.78, 5) is 27.5. The number of hydrogen-bond donors (Lipinski definition) is 0. The molecule has 5 heteroatoms. The number of rotatable bonds is 6. The molecule has 0 saturated carbocycles. The first-order valence-electron chi connectivity index (χ1n) is 9.12. The Bertz CT molecular complexity index is 821. The summed E-state index contributed by atoms with van der Waals surface area (Å²) in [5.41, 5.74) is 4.48. The van der Waals surface area contributed by atoms with Gasteiger partial charge in [0, 0.05) is 24.5 Å². The number of aromatic nitrogens is 1. The number of nitrogens with zero attached hydrogens (tertiary/aromatic N) is 2. The van der Waals surface area contributed by atoms with Crippen molar-refractivity contribution >= 4 is 17.6 Å². The molecule has 5 nitrogen and oxygen atoms in total. The highest BCUT2D eigenvalue weighted by Crippen LogP contribution is 2.27. The van der Waals surface area contributed by atoms with Gasteiger partial charge in [0.15, 0.2) is 0 Å². The first-order valence-corrected chi connectivity index (χ1v) is 9.12. The second kappa shape index (κ2) is 8.21. The van der Waals surface area contributed by atoms with Gasteiger partial charge in [-0.1, -0.05) is 12.1 Å². The zero-order valence-corrected chi connectivity index (χ0v) is 16.5. The van der Waals surface area contributed by atoms with Crippen LogP contribution in [0.2, 0.25) is 0 Å². The molecule has 0 radical (unpaired) electrons. The van der Waals surface area contributed by atoms with Crippen molar-refractivity contribution in [1.29, 1.82) is 0 Å². The molecule has 0 unspecified atom stereocenters. The van der Waals surface area contributed by atoms with Crippen LogP contribution in [0.3, 0.4) is 0 Å². The van der Waals surface area contributed by atoms with Crippen LogP contribution in [-0.4, -0.2) is 29.6 Å². The number of amides is 1. The van der Waals surface area contributed by atoms with E-state index in [2.05, 4.69) is 0 Å². The molecule has 0 aliphatic carbocycles. The van der Waals surface area contributed by atoms with E-state index in [0.717, 1.165) is 16.9 Å². The lowest BCUT2D eigenvalue weighted by atomic mass is 10.1. The second-order valence-corrected chi connectivity index (χ2v) is 6.29. The third-order valence-electron chi connectivity index (χ3n) is 4.64. The fraction of sp³-hybridized carbons (Fsp3) is 0.429. The Morgan fingerprint density at radius 3 is 2.35 bits per heavy atom. The number of esters is 1. The van der Waals surface area contributed by atoms with Gasteiger partial charge in [-0.3, -0.25) is 4.79 Å². The molecule has 1 aromatic heterocycles. The Balaban J connectivity index is 2.56. The third kappa shape index (κ3) is 3.52. The molecule has 1 amide bonds. The maximum Gasteiger partial charge on any atom is 0.355 e. The van der Waals surface area contributed by atoms with Crippen molar-refractivity contribution in [3.05, 3.63) is 52.3 Å². The fourth-order valence-corrected chi connectivity index (χ4v) is 3.44. The minimum absolute atomic E-state index is 0.0918. The van der Waals surface area contributed by atoms with Crippen molar-refractivity contribution in [3.63, 3.8) is 0 Å². The maximum atomic E-state index is 13.4. The van der Waals surface area contributed by atoms with Crippen molar-refractivity contribution < 1.29 is 14.3 Å². The molecular weight excluding hydrogens is 328 g/mol. The van der Waals surface area contributed by atoms with Gasteiger partial charge in [-0.05, 0) is 64.8 Å². The minimum atomic E-state index is -0.382. The van der Waals surface area contributed by atoms with Gasteiger partial charge in [0.05, 0.1) is 12.2 Å². The first kappa shape index (κ1) is 19.8. The van der Waals surface area contributed by atoms with Gasteiger partial charge >= 0.3 is 5.97 Å². The molecular formula is C21H28N2O3. The Labute approximate surface area is 155 Å². The van der Waals surface area contributed by atoms with Crippen LogP contribution in [0.5, 0.6) is 0 Å². The highest BCUT2D eigenvalue weighted by Gasteiger charge is 2.29. The van der Waals surface area contributed by atoms with Gasteiger partial charge in [0.25, 0.3) is 5.91 Å². The predicted octanol–water partition coefficient (Wildman–Crippen LogP) is 4.28. The van der Waals surface area contributed by atoms with E-state index in [9.17, 15) is 9.59 Å². The molecule has 140 valence electrons. The quantitative estimate of drug-likeness (QED) is 0.726. The summed E-state index contributed by atoms with van der Waals surface area (Å²) < 4.78 is 7.07. The standard InChI is InChI=1S/C21H28N2O3/c1-7-22-16(6)18(15(5)19(22)21(25)26-9-3)20(24)23(8-2)17-12-10-11-14(4)13-17/h10-13H,7-9H2,1-6H3. The number of hydrogen-bond acceptors (Lipinski definition) is 3. The zero-order valence-electron chi connectivity index (χ0n) is 16.5. The fourth-order valence-electron chi connectivity index (χ4n) is 3.44. The Kier molecular flexibility index (Phi) is 6.24. The Morgan fingerprint density at radius 2 is 1.81 bits per heavy atom. The maximum absolute atomic E-state index is 13.4. The van der Waals surface area contributed by atoms with Crippen LogP contribution in [0.1, 0.15) is 58.4 Å². The van der Waals surface area contributed by atoms with E-state index >= 15 is 0 Å². The first-order chi connectivity index (χ1) is 12.4. The summed E-state index contributed by atoms with van der Waals surface area (Å²) >= 11 is 0. The summed E-state index contributed by atoms with van der Waals surface area (Å²) in [5.74, 6) is -0.474. The number of carbonyl (C=O) groups excluding carboxylic acids is 2. The van der Waals surface area contributed by atoms with Crippen molar-refractivity contribution in [3.8, 4) is 0 Å². The smallest absolute Gasteiger partial charge is 0.355 e. The second-order valence-electron chi connectivity index (χ2n) is 6.29. The molecule has 0 bridgehead atoms. The number of ether oxygens (including phenoxy) is 1. The highest BCUT2D eigenvalue weighted by atomic mass is 16.5. The van der Waals surface area contributed by atoms with Crippen molar-refractivity contribution in [2.45, 2.75) is 48.1 Å². The zero-order chi connectivity index (χ0) is 19.4. The van der Waals surface area contributed by atoms with Crippen molar-refractivity contribution in [2.24, 2.45) is 0 Å². The van der Waals surface area contributed by atoms with Crippen LogP contribution in [0.25, 0.3) is 0 Å². The van der Waals surface area contributed by atoms with E-state index in [1.165, 1.54) is 0 Å². The van der Waals surface area contributed by atoms with Crippen molar-refractivity contribution in [1.82, 2.24) is 4.57 Å². The molecule has 0 aliphatic heterocycles. The van der Waals surface area contributed by atoms with Gasteiger partial charge < -0.3 is 14.2 Å². The van der Waals surface area contributed by atoms with Crippen LogP contribution < -0.4 is 4.90 Å². The van der Waals surface area contributed by atoms with Gasteiger partial charge in [0.2, 0.25) is 0 Å². The minimum Gasteiger partial charge on any atom is -0.461 e. The lowest BCUT2D eigenvalue weighted by Crippen LogP contribution is -2.31. The lowest BCUT2D eigenvalue weighted by molar-refractivity contribution is 0.0512. The SMILES string of the molecule is CCOC(=O)c1c(C)c(C(=O)N(CC)c2cccc(C)c2)c(C)n1CC. The van der Waals surface area contributed by atoms with Crippen LogP contribution in [0.4, 0.5) is 5.69 Å². The average Bonchev–Trinajstić information content (AvgIpc) is 2.85. The summed E-state index contributed by atoms with van der Waals surface area (Å²) in [5, 5.41) is 0. The summed E-state index contributed by atoms with van der Waals surface area (Å²) in [6.45, 7) is 12.9. The van der Waals surface area contributed by atoms with Gasteiger partial charge in [-0.15, -0.1) is 0 Å². The van der Waals surface area contributed by atoms with Crippen molar-refractivity contribution in [2.75, 3.05) is 18.1 Å². The topological polar surface area (TPSA) is 51.5 Å². The van der Waals surface area contributed by atoms with Crippen LogP contribution >= 0.6 is 0 Å². The van der Waals surface area contributed by atoms with E-state index in [4.69, 9.17) is 4.74 Å². The summed E-state index contributed by atoms with van der Waals surface area (Å²) in [6, 6.07) is 7.88. The molecule has 1 heterocycles.